The number of carbonyl (C=O) groups is 2. The highest BCUT2D eigenvalue weighted by Gasteiger charge is 2.36. The van der Waals surface area contributed by atoms with Crippen LogP contribution in [0.3, 0.4) is 0 Å². The van der Waals surface area contributed by atoms with E-state index >= 15 is 0 Å². The highest BCUT2D eigenvalue weighted by Crippen LogP contribution is 2.34. The van der Waals surface area contributed by atoms with Crippen LogP contribution >= 0.6 is 0 Å². The largest absolute Gasteiger partial charge is 0.466 e. The standard InChI is InChI=1S/C26H30FN3O3/c1-3-33-26(32)20-10-7-13-29(16-20)17-25(31)30-24(22-12-5-4-8-18(22)2)15-23(28-30)19-9-6-11-21(27)14-19/h4-6,8-9,11-12,14,20,24H,3,7,10,13,15-17H2,1-2H3. The molecule has 0 aliphatic carbocycles. The number of esters is 1. The van der Waals surface area contributed by atoms with Crippen molar-refractivity contribution in [3.05, 3.63) is 71.0 Å². The van der Waals surface area contributed by atoms with E-state index in [0.717, 1.165) is 30.5 Å². The van der Waals surface area contributed by atoms with Crippen LogP contribution in [-0.2, 0) is 14.3 Å². The van der Waals surface area contributed by atoms with Crippen LogP contribution in [0.15, 0.2) is 53.6 Å². The molecule has 0 aromatic heterocycles. The average molecular weight is 452 g/mol. The third kappa shape index (κ3) is 5.30. The molecule has 7 heteroatoms. The SMILES string of the molecule is CCOC(=O)C1CCCN(CC(=O)N2N=C(c3cccc(F)c3)CC2c2ccccc2C)C1. The van der Waals surface area contributed by atoms with Crippen LogP contribution in [0.1, 0.15) is 48.9 Å². The second-order valence-corrected chi connectivity index (χ2v) is 8.70. The Morgan fingerprint density at radius 2 is 2.00 bits per heavy atom. The van der Waals surface area contributed by atoms with E-state index in [4.69, 9.17) is 4.74 Å². The second kappa shape index (κ2) is 10.3. The van der Waals surface area contributed by atoms with Crippen molar-refractivity contribution in [2.75, 3.05) is 26.2 Å². The number of piperidine rings is 1. The first-order chi connectivity index (χ1) is 16.0. The maximum atomic E-state index is 13.8. The molecule has 33 heavy (non-hydrogen) atoms. The predicted molar refractivity (Wildman–Crippen MR) is 124 cm³/mol. The number of rotatable bonds is 6. The number of benzene rings is 2. The van der Waals surface area contributed by atoms with Gasteiger partial charge in [0.05, 0.1) is 30.8 Å². The van der Waals surface area contributed by atoms with Crippen LogP contribution in [0, 0.1) is 18.7 Å². The van der Waals surface area contributed by atoms with Crippen LogP contribution in [-0.4, -0.2) is 53.7 Å². The van der Waals surface area contributed by atoms with Gasteiger partial charge in [-0.15, -0.1) is 0 Å². The Hall–Kier alpha value is -3.06. The lowest BCUT2D eigenvalue weighted by molar-refractivity contribution is -0.150. The summed E-state index contributed by atoms with van der Waals surface area (Å²) in [7, 11) is 0. The van der Waals surface area contributed by atoms with Crippen molar-refractivity contribution in [1.29, 1.82) is 0 Å². The summed E-state index contributed by atoms with van der Waals surface area (Å²) < 4.78 is 19.0. The van der Waals surface area contributed by atoms with Crippen LogP contribution in [0.25, 0.3) is 0 Å². The van der Waals surface area contributed by atoms with Gasteiger partial charge in [0, 0.05) is 18.5 Å². The van der Waals surface area contributed by atoms with Gasteiger partial charge in [0.2, 0.25) is 0 Å². The predicted octanol–water partition coefficient (Wildman–Crippen LogP) is 4.09. The lowest BCUT2D eigenvalue weighted by atomic mass is 9.95. The fourth-order valence-electron chi connectivity index (χ4n) is 4.70. The van der Waals surface area contributed by atoms with Crippen molar-refractivity contribution in [3.8, 4) is 0 Å². The molecule has 1 saturated heterocycles. The number of amides is 1. The Morgan fingerprint density at radius 1 is 1.18 bits per heavy atom. The molecule has 2 atom stereocenters. The van der Waals surface area contributed by atoms with Gasteiger partial charge in [-0.3, -0.25) is 14.5 Å². The monoisotopic (exact) mass is 451 g/mol. The lowest BCUT2D eigenvalue weighted by Gasteiger charge is -2.32. The van der Waals surface area contributed by atoms with Gasteiger partial charge in [0.1, 0.15) is 5.82 Å². The Bertz CT molecular complexity index is 1050. The molecule has 0 spiro atoms. The number of likely N-dealkylation sites (tertiary alicyclic amines) is 1. The van der Waals surface area contributed by atoms with Gasteiger partial charge < -0.3 is 4.74 Å². The second-order valence-electron chi connectivity index (χ2n) is 8.70. The zero-order valence-electron chi connectivity index (χ0n) is 19.2. The molecule has 0 saturated carbocycles. The van der Waals surface area contributed by atoms with E-state index in [-0.39, 0.29) is 36.2 Å². The van der Waals surface area contributed by atoms with E-state index in [1.807, 2.05) is 42.2 Å². The summed E-state index contributed by atoms with van der Waals surface area (Å²) in [6, 6.07) is 14.0. The minimum Gasteiger partial charge on any atom is -0.466 e. The van der Waals surface area contributed by atoms with Gasteiger partial charge in [-0.05, 0) is 56.5 Å². The summed E-state index contributed by atoms with van der Waals surface area (Å²) in [6.07, 6.45) is 2.14. The number of hydrazone groups is 1. The number of carbonyl (C=O) groups excluding carboxylic acids is 2. The van der Waals surface area contributed by atoms with E-state index in [2.05, 4.69) is 5.10 Å². The smallest absolute Gasteiger partial charge is 0.310 e. The summed E-state index contributed by atoms with van der Waals surface area (Å²) in [4.78, 5) is 27.6. The van der Waals surface area contributed by atoms with Crippen molar-refractivity contribution in [2.45, 2.75) is 39.2 Å². The Kier molecular flexibility index (Phi) is 7.18. The van der Waals surface area contributed by atoms with Crippen molar-refractivity contribution >= 4 is 17.6 Å². The van der Waals surface area contributed by atoms with Crippen molar-refractivity contribution < 1.29 is 18.7 Å². The Morgan fingerprint density at radius 3 is 2.76 bits per heavy atom. The third-order valence-corrected chi connectivity index (χ3v) is 6.36. The molecule has 2 aliphatic rings. The molecule has 4 rings (SSSR count). The molecule has 0 N–H and O–H groups in total. The Balaban J connectivity index is 1.55. The summed E-state index contributed by atoms with van der Waals surface area (Å²) in [5.41, 5.74) is 3.49. The summed E-state index contributed by atoms with van der Waals surface area (Å²) in [5, 5.41) is 6.21. The fraction of sp³-hybridized carbons (Fsp3) is 0.423. The average Bonchev–Trinajstić information content (AvgIpc) is 3.25. The van der Waals surface area contributed by atoms with E-state index in [9.17, 15) is 14.0 Å². The van der Waals surface area contributed by atoms with E-state index in [0.29, 0.717) is 30.8 Å². The molecule has 174 valence electrons. The number of ether oxygens (including phenoxy) is 1. The van der Waals surface area contributed by atoms with E-state index in [1.54, 1.807) is 18.0 Å². The number of nitrogens with zero attached hydrogens (tertiary/aromatic N) is 3. The van der Waals surface area contributed by atoms with Crippen molar-refractivity contribution in [1.82, 2.24) is 9.91 Å². The highest BCUT2D eigenvalue weighted by molar-refractivity contribution is 6.03. The number of hydrogen-bond donors (Lipinski definition) is 0. The molecule has 2 aromatic carbocycles. The van der Waals surface area contributed by atoms with Gasteiger partial charge in [-0.1, -0.05) is 36.4 Å². The maximum absolute atomic E-state index is 13.8. The zero-order valence-corrected chi connectivity index (χ0v) is 19.2. The molecular formula is C26H30FN3O3. The van der Waals surface area contributed by atoms with Gasteiger partial charge in [0.25, 0.3) is 5.91 Å². The molecule has 2 unspecified atom stereocenters. The van der Waals surface area contributed by atoms with Gasteiger partial charge in [-0.25, -0.2) is 9.40 Å². The minimum absolute atomic E-state index is 0.126. The number of halogens is 1. The fourth-order valence-corrected chi connectivity index (χ4v) is 4.70. The van der Waals surface area contributed by atoms with Crippen molar-refractivity contribution in [2.24, 2.45) is 11.0 Å². The molecule has 0 bridgehead atoms. The van der Waals surface area contributed by atoms with Gasteiger partial charge in [0.15, 0.2) is 0 Å². The topological polar surface area (TPSA) is 62.2 Å². The number of hydrogen-bond acceptors (Lipinski definition) is 5. The van der Waals surface area contributed by atoms with Crippen LogP contribution in [0.5, 0.6) is 0 Å². The minimum atomic E-state index is -0.328. The molecule has 1 amide bonds. The first-order valence-corrected chi connectivity index (χ1v) is 11.6. The third-order valence-electron chi connectivity index (χ3n) is 6.36. The number of aryl methyl sites for hydroxylation is 1. The molecular weight excluding hydrogens is 421 g/mol. The molecule has 2 heterocycles. The molecule has 2 aromatic rings. The summed E-state index contributed by atoms with van der Waals surface area (Å²) in [6.45, 7) is 5.62. The highest BCUT2D eigenvalue weighted by atomic mass is 19.1. The van der Waals surface area contributed by atoms with Crippen molar-refractivity contribution in [3.63, 3.8) is 0 Å². The molecule has 6 nitrogen and oxygen atoms in total. The van der Waals surface area contributed by atoms with Gasteiger partial charge >= 0.3 is 5.97 Å². The summed E-state index contributed by atoms with van der Waals surface area (Å²) in [5.74, 6) is -0.853. The quantitative estimate of drug-likeness (QED) is 0.621. The Labute approximate surface area is 194 Å². The van der Waals surface area contributed by atoms with Crippen LogP contribution in [0.2, 0.25) is 0 Å². The molecule has 2 aliphatic heterocycles. The zero-order chi connectivity index (χ0) is 23.4. The normalized spacial score (nSPS) is 21.1. The van der Waals surface area contributed by atoms with Crippen LogP contribution in [0.4, 0.5) is 4.39 Å². The molecule has 0 radical (unpaired) electrons. The van der Waals surface area contributed by atoms with Gasteiger partial charge in [-0.2, -0.15) is 5.10 Å². The maximum Gasteiger partial charge on any atom is 0.310 e. The first kappa shape index (κ1) is 23.1. The van der Waals surface area contributed by atoms with E-state index in [1.165, 1.54) is 12.1 Å². The molecule has 1 fully saturated rings. The van der Waals surface area contributed by atoms with Crippen LogP contribution < -0.4 is 0 Å². The van der Waals surface area contributed by atoms with E-state index < -0.39 is 0 Å². The lowest BCUT2D eigenvalue weighted by Crippen LogP contribution is -2.44. The summed E-state index contributed by atoms with van der Waals surface area (Å²) >= 11 is 0. The first-order valence-electron chi connectivity index (χ1n) is 11.6.